The van der Waals surface area contributed by atoms with Gasteiger partial charge in [0, 0.05) is 30.7 Å². The second kappa shape index (κ2) is 13.6. The number of halogens is 1. The van der Waals surface area contributed by atoms with Crippen molar-refractivity contribution in [2.24, 2.45) is 0 Å². The molecule has 0 unspecified atom stereocenters. The third kappa shape index (κ3) is 6.66. The first kappa shape index (κ1) is 31.8. The number of anilines is 1. The maximum absolute atomic E-state index is 11.8. The van der Waals surface area contributed by atoms with Crippen LogP contribution in [0.5, 0.6) is 0 Å². The Morgan fingerprint density at radius 3 is 1.98 bits per heavy atom. The quantitative estimate of drug-likeness (QED) is 0.115. The van der Waals surface area contributed by atoms with Crippen LogP contribution in [-0.2, 0) is 15.0 Å². The van der Waals surface area contributed by atoms with E-state index in [-0.39, 0.29) is 12.2 Å². The van der Waals surface area contributed by atoms with E-state index in [0.717, 1.165) is 63.8 Å². The van der Waals surface area contributed by atoms with E-state index < -0.39 is 11.1 Å². The highest BCUT2D eigenvalue weighted by Crippen LogP contribution is 2.43. The summed E-state index contributed by atoms with van der Waals surface area (Å²) >= 11 is 3.80. The van der Waals surface area contributed by atoms with Crippen molar-refractivity contribution in [3.8, 4) is 0 Å². The van der Waals surface area contributed by atoms with Gasteiger partial charge in [0.05, 0.1) is 17.3 Å². The molecular weight excluding hydrogens is 642 g/mol. The molecule has 1 N–H and O–H groups in total. The standard InChI is InChI=1S/C37H40BrN5O3/c1-36(2,3)46-35(44)39-21-13-14-22-45-31-25-42(26-31)32-23-30(38)24-33-34(32)40-41-43(33)37(27-15-7-4-8-16-27,28-17-9-5-10-18-28)29-19-11-6-12-20-29/h4-12,15-20,23-24,31H,13-14,21-22,25-26H2,1-3H3,(H,39,44). The molecule has 0 saturated carbocycles. The van der Waals surface area contributed by atoms with E-state index in [1.165, 1.54) is 0 Å². The van der Waals surface area contributed by atoms with Gasteiger partial charge < -0.3 is 19.7 Å². The van der Waals surface area contributed by atoms with Gasteiger partial charge in [-0.1, -0.05) is 112 Å². The zero-order valence-corrected chi connectivity index (χ0v) is 28.1. The summed E-state index contributed by atoms with van der Waals surface area (Å²) in [7, 11) is 0. The maximum Gasteiger partial charge on any atom is 0.407 e. The van der Waals surface area contributed by atoms with Crippen LogP contribution in [-0.4, -0.2) is 59.0 Å². The van der Waals surface area contributed by atoms with Gasteiger partial charge >= 0.3 is 6.09 Å². The van der Waals surface area contributed by atoms with Gasteiger partial charge in [-0.05, 0) is 62.4 Å². The number of amides is 1. The Balaban J connectivity index is 1.23. The van der Waals surface area contributed by atoms with Crippen molar-refractivity contribution >= 4 is 38.7 Å². The van der Waals surface area contributed by atoms with Gasteiger partial charge in [0.2, 0.25) is 0 Å². The summed E-state index contributed by atoms with van der Waals surface area (Å²) in [5.74, 6) is 0. The summed E-state index contributed by atoms with van der Waals surface area (Å²) in [4.78, 5) is 14.1. The van der Waals surface area contributed by atoms with Gasteiger partial charge in [-0.3, -0.25) is 0 Å². The Kier molecular flexibility index (Phi) is 9.42. The van der Waals surface area contributed by atoms with E-state index >= 15 is 0 Å². The number of hydrogen-bond donors (Lipinski definition) is 1. The Labute approximate surface area is 278 Å². The molecule has 6 rings (SSSR count). The smallest absolute Gasteiger partial charge is 0.407 e. The van der Waals surface area contributed by atoms with Gasteiger partial charge in [0.15, 0.2) is 0 Å². The zero-order valence-electron chi connectivity index (χ0n) is 26.5. The normalized spacial score (nSPS) is 13.9. The third-order valence-electron chi connectivity index (χ3n) is 8.17. The second-order valence-corrected chi connectivity index (χ2v) is 13.6. The Bertz CT molecular complexity index is 1650. The number of ether oxygens (including phenoxy) is 2. The van der Waals surface area contributed by atoms with Crippen molar-refractivity contribution in [3.63, 3.8) is 0 Å². The lowest BCUT2D eigenvalue weighted by Gasteiger charge is -2.41. The summed E-state index contributed by atoms with van der Waals surface area (Å²) in [6.45, 7) is 8.33. The molecule has 4 aromatic carbocycles. The molecule has 0 radical (unpaired) electrons. The number of rotatable bonds is 11. The summed E-state index contributed by atoms with van der Waals surface area (Å²) in [6.07, 6.45) is 1.45. The van der Waals surface area contributed by atoms with Crippen molar-refractivity contribution in [1.82, 2.24) is 20.3 Å². The van der Waals surface area contributed by atoms with Crippen molar-refractivity contribution in [2.45, 2.75) is 50.9 Å². The first-order valence-electron chi connectivity index (χ1n) is 15.8. The highest BCUT2D eigenvalue weighted by atomic mass is 79.9. The molecule has 238 valence electrons. The number of nitrogens with zero attached hydrogens (tertiary/aromatic N) is 4. The summed E-state index contributed by atoms with van der Waals surface area (Å²) in [5.41, 5.74) is 4.85. The fourth-order valence-electron chi connectivity index (χ4n) is 6.09. The largest absolute Gasteiger partial charge is 0.444 e. The number of benzene rings is 4. The van der Waals surface area contributed by atoms with E-state index in [0.29, 0.717) is 13.2 Å². The second-order valence-electron chi connectivity index (χ2n) is 12.6. The average Bonchev–Trinajstić information content (AvgIpc) is 3.44. The molecule has 5 aromatic rings. The fraction of sp³-hybridized carbons (Fsp3) is 0.324. The summed E-state index contributed by atoms with van der Waals surface area (Å²) in [6, 6.07) is 35.8. The fourth-order valence-corrected chi connectivity index (χ4v) is 6.52. The molecule has 0 spiro atoms. The van der Waals surface area contributed by atoms with Crippen molar-refractivity contribution < 1.29 is 14.3 Å². The van der Waals surface area contributed by atoms with Gasteiger partial charge in [-0.2, -0.15) is 0 Å². The third-order valence-corrected chi connectivity index (χ3v) is 8.63. The zero-order chi connectivity index (χ0) is 32.1. The van der Waals surface area contributed by atoms with Crippen LogP contribution in [0.15, 0.2) is 108 Å². The van der Waals surface area contributed by atoms with Crippen LogP contribution in [0.1, 0.15) is 50.3 Å². The monoisotopic (exact) mass is 681 g/mol. The lowest BCUT2D eigenvalue weighted by atomic mass is 9.77. The minimum atomic E-state index is -0.754. The number of fused-ring (bicyclic) bond motifs is 1. The SMILES string of the molecule is CC(C)(C)OC(=O)NCCCCOC1CN(c2cc(Br)cc3c2nnn3C(c2ccccc2)(c2ccccc2)c2ccccc2)C1. The van der Waals surface area contributed by atoms with Crippen LogP contribution >= 0.6 is 15.9 Å². The molecule has 46 heavy (non-hydrogen) atoms. The molecule has 1 amide bonds. The van der Waals surface area contributed by atoms with Crippen LogP contribution in [0.3, 0.4) is 0 Å². The first-order valence-corrected chi connectivity index (χ1v) is 16.6. The number of alkyl carbamates (subject to hydrolysis) is 1. The van der Waals surface area contributed by atoms with Crippen LogP contribution < -0.4 is 10.2 Å². The van der Waals surface area contributed by atoms with Crippen molar-refractivity contribution in [3.05, 3.63) is 124 Å². The van der Waals surface area contributed by atoms with Crippen LogP contribution in [0.25, 0.3) is 11.0 Å². The van der Waals surface area contributed by atoms with E-state index in [4.69, 9.17) is 19.8 Å². The van der Waals surface area contributed by atoms with E-state index in [9.17, 15) is 4.79 Å². The van der Waals surface area contributed by atoms with Gasteiger partial charge in [0.1, 0.15) is 16.7 Å². The lowest BCUT2D eigenvalue weighted by Crippen LogP contribution is -2.52. The molecule has 0 aliphatic carbocycles. The van der Waals surface area contributed by atoms with E-state index in [1.54, 1.807) is 0 Å². The number of carbonyl (C=O) groups excluding carboxylic acids is 1. The topological polar surface area (TPSA) is 81.5 Å². The van der Waals surface area contributed by atoms with Crippen LogP contribution in [0, 0.1) is 0 Å². The predicted molar refractivity (Wildman–Crippen MR) is 185 cm³/mol. The number of unbranched alkanes of at least 4 members (excludes halogenated alkanes) is 1. The molecule has 1 aromatic heterocycles. The molecule has 2 heterocycles. The molecule has 1 fully saturated rings. The molecule has 1 saturated heterocycles. The molecular formula is C37H40BrN5O3. The molecule has 9 heteroatoms. The highest BCUT2D eigenvalue weighted by molar-refractivity contribution is 9.10. The Morgan fingerprint density at radius 1 is 0.870 bits per heavy atom. The first-order chi connectivity index (χ1) is 22.3. The van der Waals surface area contributed by atoms with Crippen LogP contribution in [0.4, 0.5) is 10.5 Å². The molecule has 0 atom stereocenters. The number of hydrogen-bond acceptors (Lipinski definition) is 6. The summed E-state index contributed by atoms with van der Waals surface area (Å²) in [5, 5.41) is 12.6. The van der Waals surface area contributed by atoms with E-state index in [2.05, 4.69) is 116 Å². The Morgan fingerprint density at radius 2 is 1.43 bits per heavy atom. The molecule has 8 nitrogen and oxygen atoms in total. The average molecular weight is 683 g/mol. The lowest BCUT2D eigenvalue weighted by molar-refractivity contribution is 0.0317. The Hall–Kier alpha value is -4.21. The van der Waals surface area contributed by atoms with Gasteiger partial charge in [0.25, 0.3) is 0 Å². The highest BCUT2D eigenvalue weighted by Gasteiger charge is 2.41. The van der Waals surface area contributed by atoms with Gasteiger partial charge in [-0.15, -0.1) is 5.10 Å². The summed E-state index contributed by atoms with van der Waals surface area (Å²) < 4.78 is 14.5. The minimum absolute atomic E-state index is 0.139. The van der Waals surface area contributed by atoms with Gasteiger partial charge in [-0.25, -0.2) is 9.48 Å². The van der Waals surface area contributed by atoms with Crippen molar-refractivity contribution in [1.29, 1.82) is 0 Å². The predicted octanol–water partition coefficient (Wildman–Crippen LogP) is 7.54. The maximum atomic E-state index is 11.8. The molecule has 0 bridgehead atoms. The molecule has 1 aliphatic rings. The van der Waals surface area contributed by atoms with Crippen LogP contribution in [0.2, 0.25) is 0 Å². The number of nitrogens with one attached hydrogen (secondary N) is 1. The minimum Gasteiger partial charge on any atom is -0.444 e. The van der Waals surface area contributed by atoms with E-state index in [1.807, 2.05) is 39.0 Å². The molecule has 1 aliphatic heterocycles. The number of carbonyl (C=O) groups is 1. The van der Waals surface area contributed by atoms with Crippen molar-refractivity contribution in [2.75, 3.05) is 31.1 Å². The number of aromatic nitrogens is 3.